The Morgan fingerprint density at radius 1 is 1.02 bits per heavy atom. The molecule has 2 atom stereocenters. The molecular formula is C32H53FN4O4. The Morgan fingerprint density at radius 2 is 1.61 bits per heavy atom. The molecule has 3 amide bonds. The standard InChI is InChI=1S/C11H23N3O2.C10H14O.C7H7F.C4H9NO/c1-5-8(3)10(12)11(16)14(4)7-9(15)13-6-2;1-8(2)11-10-7-5-4-6-9(10)3;1-6-2-4-7(8)5-3-6;1-2-3-5-4-6/h8,10H,5-7,12H2,1-4H3,(H,13,15);4-8H,1-3H3;2-5H,1H3;4H,2-3H2,1H3,(H,5,6). The Labute approximate surface area is 247 Å². The van der Waals surface area contributed by atoms with Crippen LogP contribution in [0.2, 0.25) is 0 Å². The van der Waals surface area contributed by atoms with Gasteiger partial charge in [0.05, 0.1) is 18.7 Å². The van der Waals surface area contributed by atoms with Gasteiger partial charge in [0.25, 0.3) is 0 Å². The molecule has 0 spiro atoms. The first-order valence-corrected chi connectivity index (χ1v) is 14.2. The lowest BCUT2D eigenvalue weighted by molar-refractivity contribution is -0.136. The maximum Gasteiger partial charge on any atom is 0.239 e. The molecule has 0 aromatic heterocycles. The first kappa shape index (κ1) is 39.7. The van der Waals surface area contributed by atoms with Crippen LogP contribution in [0.5, 0.6) is 5.75 Å². The molecule has 2 unspecified atom stereocenters. The van der Waals surface area contributed by atoms with Crippen molar-refractivity contribution in [2.45, 2.75) is 80.4 Å². The maximum atomic E-state index is 12.1. The summed E-state index contributed by atoms with van der Waals surface area (Å²) < 4.78 is 17.6. The lowest BCUT2D eigenvalue weighted by Crippen LogP contribution is -2.48. The van der Waals surface area contributed by atoms with E-state index in [2.05, 4.69) is 23.6 Å². The highest BCUT2D eigenvalue weighted by molar-refractivity contribution is 5.87. The Morgan fingerprint density at radius 3 is 2.02 bits per heavy atom. The zero-order chi connectivity index (χ0) is 31.8. The summed E-state index contributed by atoms with van der Waals surface area (Å²) in [5.74, 6) is 0.609. The molecule has 9 heteroatoms. The number of aryl methyl sites for hydroxylation is 2. The summed E-state index contributed by atoms with van der Waals surface area (Å²) in [7, 11) is 1.60. The summed E-state index contributed by atoms with van der Waals surface area (Å²) in [6, 6.07) is 13.9. The molecule has 41 heavy (non-hydrogen) atoms. The molecule has 0 aliphatic heterocycles. The lowest BCUT2D eigenvalue weighted by atomic mass is 9.99. The van der Waals surface area contributed by atoms with E-state index in [9.17, 15) is 18.8 Å². The number of nitrogens with one attached hydrogen (secondary N) is 2. The highest BCUT2D eigenvalue weighted by Gasteiger charge is 2.23. The number of carbonyl (C=O) groups is 3. The average Bonchev–Trinajstić information content (AvgIpc) is 2.94. The third-order valence-electron chi connectivity index (χ3n) is 5.62. The minimum Gasteiger partial charge on any atom is -0.491 e. The van der Waals surface area contributed by atoms with Crippen LogP contribution in [0, 0.1) is 25.6 Å². The lowest BCUT2D eigenvalue weighted by Gasteiger charge is -2.24. The highest BCUT2D eigenvalue weighted by atomic mass is 19.1. The van der Waals surface area contributed by atoms with Crippen LogP contribution in [0.25, 0.3) is 0 Å². The zero-order valence-electron chi connectivity index (χ0n) is 26.5. The summed E-state index contributed by atoms with van der Waals surface area (Å²) in [5.41, 5.74) is 8.08. The fraction of sp³-hybridized carbons (Fsp3) is 0.531. The average molecular weight is 577 g/mol. The molecule has 4 N–H and O–H groups in total. The number of nitrogens with two attached hydrogens (primary N) is 1. The van der Waals surface area contributed by atoms with Gasteiger partial charge >= 0.3 is 0 Å². The molecule has 0 aliphatic rings. The molecule has 2 aromatic carbocycles. The fourth-order valence-corrected chi connectivity index (χ4v) is 2.98. The topological polar surface area (TPSA) is 114 Å². The maximum absolute atomic E-state index is 12.1. The van der Waals surface area contributed by atoms with Crippen LogP contribution >= 0.6 is 0 Å². The SMILES string of the molecule is CCCNC=O.CCNC(=O)CN(C)C(=O)C(N)C(C)CC.Cc1ccc(F)cc1.Cc1ccccc1OC(C)C. The van der Waals surface area contributed by atoms with E-state index in [0.717, 1.165) is 30.7 Å². The molecule has 0 radical (unpaired) electrons. The highest BCUT2D eigenvalue weighted by Crippen LogP contribution is 2.17. The largest absolute Gasteiger partial charge is 0.491 e. The second kappa shape index (κ2) is 24.3. The van der Waals surface area contributed by atoms with Crippen molar-refractivity contribution in [2.24, 2.45) is 11.7 Å². The number of rotatable bonds is 11. The number of ether oxygens (including phenoxy) is 1. The van der Waals surface area contributed by atoms with Crippen LogP contribution in [-0.4, -0.2) is 62.0 Å². The van der Waals surface area contributed by atoms with Crippen LogP contribution in [0.4, 0.5) is 4.39 Å². The summed E-state index contributed by atoms with van der Waals surface area (Å²) in [6.45, 7) is 17.2. The number of para-hydroxylation sites is 1. The quantitative estimate of drug-likeness (QED) is 0.257. The minimum absolute atomic E-state index is 0.0663. The van der Waals surface area contributed by atoms with E-state index >= 15 is 0 Å². The number of hydrogen-bond donors (Lipinski definition) is 3. The second-order valence-electron chi connectivity index (χ2n) is 9.86. The van der Waals surface area contributed by atoms with Crippen LogP contribution < -0.4 is 21.1 Å². The molecule has 0 bridgehead atoms. The predicted molar refractivity (Wildman–Crippen MR) is 166 cm³/mol. The fourth-order valence-electron chi connectivity index (χ4n) is 2.98. The van der Waals surface area contributed by atoms with Gasteiger partial charge in [0.15, 0.2) is 0 Å². The molecule has 0 heterocycles. The van der Waals surface area contributed by atoms with Crippen molar-refractivity contribution < 1.29 is 23.5 Å². The third-order valence-corrected chi connectivity index (χ3v) is 5.62. The first-order chi connectivity index (χ1) is 19.3. The third kappa shape index (κ3) is 21.0. The van der Waals surface area contributed by atoms with Crippen LogP contribution in [0.15, 0.2) is 48.5 Å². The molecule has 0 aliphatic carbocycles. The van der Waals surface area contributed by atoms with E-state index in [1.165, 1.54) is 22.6 Å². The van der Waals surface area contributed by atoms with Crippen molar-refractivity contribution in [3.8, 4) is 5.75 Å². The summed E-state index contributed by atoms with van der Waals surface area (Å²) in [5, 5.41) is 5.16. The molecule has 0 fully saturated rings. The molecule has 2 rings (SSSR count). The monoisotopic (exact) mass is 576 g/mol. The van der Waals surface area contributed by atoms with Crippen LogP contribution in [0.1, 0.15) is 65.5 Å². The Balaban J connectivity index is 0. The van der Waals surface area contributed by atoms with Crippen LogP contribution in [0.3, 0.4) is 0 Å². The van der Waals surface area contributed by atoms with E-state index in [1.54, 1.807) is 19.2 Å². The van der Waals surface area contributed by atoms with E-state index in [1.807, 2.05) is 66.7 Å². The number of carbonyl (C=O) groups excluding carboxylic acids is 3. The van der Waals surface area contributed by atoms with E-state index in [4.69, 9.17) is 10.5 Å². The Kier molecular flexibility index (Phi) is 23.6. The van der Waals surface area contributed by atoms with E-state index in [0.29, 0.717) is 13.0 Å². The number of benzene rings is 2. The van der Waals surface area contributed by atoms with Crippen molar-refractivity contribution in [2.75, 3.05) is 26.7 Å². The summed E-state index contributed by atoms with van der Waals surface area (Å²) in [4.78, 5) is 33.9. The van der Waals surface area contributed by atoms with Gasteiger partial charge in [0.1, 0.15) is 11.6 Å². The van der Waals surface area contributed by atoms with Gasteiger partial charge in [-0.3, -0.25) is 14.4 Å². The van der Waals surface area contributed by atoms with Gasteiger partial charge in [-0.05, 0) is 70.7 Å². The first-order valence-electron chi connectivity index (χ1n) is 14.2. The normalized spacial score (nSPS) is 11.1. The molecule has 8 nitrogen and oxygen atoms in total. The predicted octanol–water partition coefficient (Wildman–Crippen LogP) is 5.01. The summed E-state index contributed by atoms with van der Waals surface area (Å²) in [6.07, 6.45) is 2.83. The van der Waals surface area contributed by atoms with Crippen molar-refractivity contribution in [3.63, 3.8) is 0 Å². The molecule has 0 saturated heterocycles. The molecular weight excluding hydrogens is 523 g/mol. The number of likely N-dealkylation sites (N-methyl/N-ethyl adjacent to an activating group) is 2. The van der Waals surface area contributed by atoms with Crippen molar-refractivity contribution in [3.05, 3.63) is 65.5 Å². The van der Waals surface area contributed by atoms with Gasteiger partial charge in [-0.2, -0.15) is 0 Å². The number of hydrogen-bond acceptors (Lipinski definition) is 5. The molecule has 232 valence electrons. The molecule has 2 aromatic rings. The summed E-state index contributed by atoms with van der Waals surface area (Å²) >= 11 is 0. The van der Waals surface area contributed by atoms with Gasteiger partial charge in [0, 0.05) is 20.1 Å². The second-order valence-corrected chi connectivity index (χ2v) is 9.86. The number of nitrogens with zero attached hydrogens (tertiary/aromatic N) is 1. The number of amides is 3. The van der Waals surface area contributed by atoms with E-state index in [-0.39, 0.29) is 36.2 Å². The van der Waals surface area contributed by atoms with Gasteiger partial charge < -0.3 is 26.0 Å². The van der Waals surface area contributed by atoms with E-state index < -0.39 is 6.04 Å². The number of halogens is 1. The van der Waals surface area contributed by atoms with Gasteiger partial charge in [0.2, 0.25) is 18.2 Å². The van der Waals surface area contributed by atoms with Gasteiger partial charge in [-0.25, -0.2) is 4.39 Å². The Bertz CT molecular complexity index is 949. The Hall–Kier alpha value is -3.46. The zero-order valence-corrected chi connectivity index (χ0v) is 26.5. The smallest absolute Gasteiger partial charge is 0.239 e. The van der Waals surface area contributed by atoms with Crippen molar-refractivity contribution >= 4 is 18.2 Å². The van der Waals surface area contributed by atoms with Crippen molar-refractivity contribution in [1.82, 2.24) is 15.5 Å². The van der Waals surface area contributed by atoms with Crippen molar-refractivity contribution in [1.29, 1.82) is 0 Å². The minimum atomic E-state index is -0.524. The van der Waals surface area contributed by atoms with Gasteiger partial charge in [-0.1, -0.05) is 63.1 Å². The molecule has 0 saturated carbocycles. The van der Waals surface area contributed by atoms with Gasteiger partial charge in [-0.15, -0.1) is 0 Å². The van der Waals surface area contributed by atoms with Crippen LogP contribution in [-0.2, 0) is 14.4 Å².